The number of aromatic nitrogens is 4. The second-order valence-corrected chi connectivity index (χ2v) is 4.44. The molecule has 0 unspecified atom stereocenters. The molecule has 0 saturated heterocycles. The monoisotopic (exact) mass is 247 g/mol. The minimum atomic E-state index is -0.196. The highest BCUT2D eigenvalue weighted by Crippen LogP contribution is 2.08. The van der Waals surface area contributed by atoms with E-state index in [2.05, 4.69) is 20.4 Å². The molecule has 96 valence electrons. The standard InChI is InChI=1S/C12H17N5O/c1-8(2)17-7-4-10(16-17)12(18)15-9(3)11-13-5-6-14-11/h4-9H,1-3H3,(H,13,14)(H,15,18)/t9-/m1/s1. The molecule has 2 heterocycles. The molecule has 2 N–H and O–H groups in total. The van der Waals surface area contributed by atoms with Crippen LogP contribution < -0.4 is 5.32 Å². The zero-order valence-corrected chi connectivity index (χ0v) is 10.7. The van der Waals surface area contributed by atoms with Crippen molar-refractivity contribution in [2.75, 3.05) is 0 Å². The van der Waals surface area contributed by atoms with E-state index in [1.165, 1.54) is 0 Å². The van der Waals surface area contributed by atoms with Gasteiger partial charge in [-0.15, -0.1) is 0 Å². The molecule has 0 bridgehead atoms. The predicted octanol–water partition coefficient (Wildman–Crippen LogP) is 1.68. The second-order valence-electron chi connectivity index (χ2n) is 4.44. The van der Waals surface area contributed by atoms with Gasteiger partial charge in [-0.1, -0.05) is 0 Å². The molecule has 2 aromatic rings. The SMILES string of the molecule is CC(C)n1ccc(C(=O)N[C@H](C)c2ncc[nH]2)n1. The van der Waals surface area contributed by atoms with Crippen molar-refractivity contribution in [3.05, 3.63) is 36.2 Å². The molecule has 0 fully saturated rings. The van der Waals surface area contributed by atoms with Gasteiger partial charge in [0.05, 0.1) is 6.04 Å². The van der Waals surface area contributed by atoms with Crippen LogP contribution in [0.3, 0.4) is 0 Å². The van der Waals surface area contributed by atoms with Gasteiger partial charge >= 0.3 is 0 Å². The summed E-state index contributed by atoms with van der Waals surface area (Å²) in [6.07, 6.45) is 5.19. The number of H-pyrrole nitrogens is 1. The molecule has 6 heteroatoms. The van der Waals surface area contributed by atoms with Crippen LogP contribution in [0.2, 0.25) is 0 Å². The van der Waals surface area contributed by atoms with E-state index < -0.39 is 0 Å². The molecule has 0 aliphatic carbocycles. The fraction of sp³-hybridized carbons (Fsp3) is 0.417. The summed E-state index contributed by atoms with van der Waals surface area (Å²) < 4.78 is 1.76. The van der Waals surface area contributed by atoms with Gasteiger partial charge in [-0.3, -0.25) is 9.48 Å². The quantitative estimate of drug-likeness (QED) is 0.863. The van der Waals surface area contributed by atoms with Crippen molar-refractivity contribution < 1.29 is 4.79 Å². The molecule has 0 radical (unpaired) electrons. The summed E-state index contributed by atoms with van der Waals surface area (Å²) >= 11 is 0. The van der Waals surface area contributed by atoms with Crippen molar-refractivity contribution in [3.63, 3.8) is 0 Å². The van der Waals surface area contributed by atoms with Crippen molar-refractivity contribution in [1.29, 1.82) is 0 Å². The first-order valence-corrected chi connectivity index (χ1v) is 5.93. The molecule has 0 aliphatic rings. The van der Waals surface area contributed by atoms with Crippen LogP contribution in [0.5, 0.6) is 0 Å². The molecule has 0 spiro atoms. The van der Waals surface area contributed by atoms with Crippen LogP contribution in [0.4, 0.5) is 0 Å². The highest BCUT2D eigenvalue weighted by Gasteiger charge is 2.15. The molecular weight excluding hydrogens is 230 g/mol. The number of imidazole rings is 1. The summed E-state index contributed by atoms with van der Waals surface area (Å²) in [6.45, 7) is 5.90. The summed E-state index contributed by atoms with van der Waals surface area (Å²) in [4.78, 5) is 19.0. The Morgan fingerprint density at radius 1 is 1.44 bits per heavy atom. The number of carbonyl (C=O) groups is 1. The Labute approximate surface area is 105 Å². The van der Waals surface area contributed by atoms with Gasteiger partial charge in [0.1, 0.15) is 11.5 Å². The minimum absolute atomic E-state index is 0.170. The Morgan fingerprint density at radius 3 is 2.78 bits per heavy atom. The maximum atomic E-state index is 12.0. The first-order valence-electron chi connectivity index (χ1n) is 5.93. The molecule has 2 aromatic heterocycles. The largest absolute Gasteiger partial charge is 0.347 e. The fourth-order valence-electron chi connectivity index (χ4n) is 1.60. The lowest BCUT2D eigenvalue weighted by atomic mass is 10.3. The zero-order valence-electron chi connectivity index (χ0n) is 10.7. The van der Waals surface area contributed by atoms with Crippen molar-refractivity contribution >= 4 is 5.91 Å². The highest BCUT2D eigenvalue weighted by molar-refractivity contribution is 5.92. The van der Waals surface area contributed by atoms with E-state index >= 15 is 0 Å². The Hall–Kier alpha value is -2.11. The maximum absolute atomic E-state index is 12.0. The Kier molecular flexibility index (Phi) is 3.45. The van der Waals surface area contributed by atoms with Gasteiger partial charge in [0.25, 0.3) is 5.91 Å². The first-order chi connectivity index (χ1) is 8.58. The molecule has 18 heavy (non-hydrogen) atoms. The summed E-state index contributed by atoms with van der Waals surface area (Å²) in [5.41, 5.74) is 0.419. The number of amides is 1. The van der Waals surface area contributed by atoms with Gasteiger partial charge in [-0.2, -0.15) is 5.10 Å². The van der Waals surface area contributed by atoms with Gasteiger partial charge in [-0.05, 0) is 26.8 Å². The van der Waals surface area contributed by atoms with Gasteiger partial charge < -0.3 is 10.3 Å². The number of rotatable bonds is 4. The molecule has 0 saturated carbocycles. The van der Waals surface area contributed by atoms with E-state index in [0.29, 0.717) is 5.69 Å². The lowest BCUT2D eigenvalue weighted by Crippen LogP contribution is -2.27. The van der Waals surface area contributed by atoms with Crippen molar-refractivity contribution in [1.82, 2.24) is 25.1 Å². The Balaban J connectivity index is 2.03. The minimum Gasteiger partial charge on any atom is -0.347 e. The summed E-state index contributed by atoms with van der Waals surface area (Å²) in [6, 6.07) is 1.79. The maximum Gasteiger partial charge on any atom is 0.272 e. The summed E-state index contributed by atoms with van der Waals surface area (Å²) in [5.74, 6) is 0.532. The topological polar surface area (TPSA) is 75.6 Å². The van der Waals surface area contributed by atoms with Gasteiger partial charge in [0, 0.05) is 24.6 Å². The van der Waals surface area contributed by atoms with Crippen molar-refractivity contribution in [2.45, 2.75) is 32.9 Å². The lowest BCUT2D eigenvalue weighted by molar-refractivity contribution is 0.0932. The smallest absolute Gasteiger partial charge is 0.272 e. The third kappa shape index (κ3) is 2.58. The number of nitrogens with one attached hydrogen (secondary N) is 2. The van der Waals surface area contributed by atoms with Crippen LogP contribution in [0.15, 0.2) is 24.7 Å². The summed E-state index contributed by atoms with van der Waals surface area (Å²) in [5, 5.41) is 7.06. The molecule has 1 amide bonds. The summed E-state index contributed by atoms with van der Waals surface area (Å²) in [7, 11) is 0. The van der Waals surface area contributed by atoms with Crippen molar-refractivity contribution in [2.24, 2.45) is 0 Å². The third-order valence-electron chi connectivity index (χ3n) is 2.65. The van der Waals surface area contributed by atoms with Gasteiger partial charge in [-0.25, -0.2) is 4.98 Å². The normalized spacial score (nSPS) is 12.7. The number of aromatic amines is 1. The van der Waals surface area contributed by atoms with E-state index in [1.54, 1.807) is 29.3 Å². The van der Waals surface area contributed by atoms with E-state index in [-0.39, 0.29) is 18.0 Å². The first kappa shape index (κ1) is 12.3. The van der Waals surface area contributed by atoms with Gasteiger partial charge in [0.15, 0.2) is 0 Å². The average molecular weight is 247 g/mol. The number of nitrogens with zero attached hydrogens (tertiary/aromatic N) is 3. The van der Waals surface area contributed by atoms with Gasteiger partial charge in [0.2, 0.25) is 0 Å². The highest BCUT2D eigenvalue weighted by atomic mass is 16.2. The van der Waals surface area contributed by atoms with Crippen LogP contribution in [-0.2, 0) is 0 Å². The molecule has 1 atom stereocenters. The van der Waals surface area contributed by atoms with E-state index in [0.717, 1.165) is 5.82 Å². The lowest BCUT2D eigenvalue weighted by Gasteiger charge is -2.10. The Morgan fingerprint density at radius 2 is 2.22 bits per heavy atom. The third-order valence-corrected chi connectivity index (χ3v) is 2.65. The molecule has 0 aliphatic heterocycles. The van der Waals surface area contributed by atoms with Crippen LogP contribution in [0.1, 0.15) is 49.2 Å². The number of hydrogen-bond acceptors (Lipinski definition) is 3. The van der Waals surface area contributed by atoms with Crippen LogP contribution in [-0.4, -0.2) is 25.7 Å². The molecule has 2 rings (SSSR count). The average Bonchev–Trinajstić information content (AvgIpc) is 3.00. The van der Waals surface area contributed by atoms with E-state index in [9.17, 15) is 4.79 Å². The molecular formula is C12H17N5O. The van der Waals surface area contributed by atoms with E-state index in [1.807, 2.05) is 20.8 Å². The van der Waals surface area contributed by atoms with Crippen LogP contribution in [0.25, 0.3) is 0 Å². The number of carbonyl (C=O) groups excluding carboxylic acids is 1. The predicted molar refractivity (Wildman–Crippen MR) is 67.1 cm³/mol. The number of hydrogen-bond donors (Lipinski definition) is 2. The van der Waals surface area contributed by atoms with E-state index in [4.69, 9.17) is 0 Å². The van der Waals surface area contributed by atoms with Crippen LogP contribution in [0, 0.1) is 0 Å². The zero-order chi connectivity index (χ0) is 13.1. The Bertz CT molecular complexity index is 514. The fourth-order valence-corrected chi connectivity index (χ4v) is 1.60. The van der Waals surface area contributed by atoms with Crippen molar-refractivity contribution in [3.8, 4) is 0 Å². The second kappa shape index (κ2) is 5.03. The molecule has 6 nitrogen and oxygen atoms in total. The van der Waals surface area contributed by atoms with Crippen LogP contribution >= 0.6 is 0 Å². The molecule has 0 aromatic carbocycles.